The zero-order valence-electron chi connectivity index (χ0n) is 15.1. The van der Waals surface area contributed by atoms with Gasteiger partial charge in [0.1, 0.15) is 17.4 Å². The van der Waals surface area contributed by atoms with E-state index in [2.05, 4.69) is 21.4 Å². The van der Waals surface area contributed by atoms with Crippen molar-refractivity contribution in [2.24, 2.45) is 0 Å². The number of hydrogen-bond acceptors (Lipinski definition) is 6. The SMILES string of the molecule is COc1ccc(C)cc1Nc1nc(SC)nc(-c2ccc(Cl)cc2)c1C#N. The molecule has 1 aromatic heterocycles. The lowest BCUT2D eigenvalue weighted by atomic mass is 10.1. The number of nitrogens with zero attached hydrogens (tertiary/aromatic N) is 3. The van der Waals surface area contributed by atoms with Crippen molar-refractivity contribution in [2.75, 3.05) is 18.7 Å². The molecule has 3 aromatic rings. The number of hydrogen-bond donors (Lipinski definition) is 1. The standard InChI is InChI=1S/C20H17ClN4OS/c1-12-4-9-17(26-2)16(10-12)23-19-15(11-22)18(24-20(25-19)27-3)13-5-7-14(21)8-6-13/h4-10H,1-3H3,(H,23,24,25). The van der Waals surface area contributed by atoms with Gasteiger partial charge in [-0.1, -0.05) is 41.6 Å². The first kappa shape index (κ1) is 19.0. The number of aromatic nitrogens is 2. The first-order chi connectivity index (χ1) is 13.0. The summed E-state index contributed by atoms with van der Waals surface area (Å²) in [5, 5.41) is 14.2. The van der Waals surface area contributed by atoms with Crippen molar-refractivity contribution < 1.29 is 4.74 Å². The molecule has 0 bridgehead atoms. The van der Waals surface area contributed by atoms with E-state index in [9.17, 15) is 5.26 Å². The molecule has 5 nitrogen and oxygen atoms in total. The summed E-state index contributed by atoms with van der Waals surface area (Å²) < 4.78 is 5.42. The average Bonchev–Trinajstić information content (AvgIpc) is 2.68. The van der Waals surface area contributed by atoms with Crippen molar-refractivity contribution >= 4 is 34.9 Å². The number of ether oxygens (including phenoxy) is 1. The van der Waals surface area contributed by atoms with Crippen LogP contribution in [0.25, 0.3) is 11.3 Å². The Morgan fingerprint density at radius 1 is 1.15 bits per heavy atom. The molecule has 0 aliphatic heterocycles. The zero-order chi connectivity index (χ0) is 19.4. The lowest BCUT2D eigenvalue weighted by molar-refractivity contribution is 0.416. The Labute approximate surface area is 167 Å². The van der Waals surface area contributed by atoms with Gasteiger partial charge < -0.3 is 10.1 Å². The van der Waals surface area contributed by atoms with Gasteiger partial charge in [-0.05, 0) is 43.0 Å². The van der Waals surface area contributed by atoms with E-state index in [1.54, 1.807) is 19.2 Å². The second-order valence-electron chi connectivity index (χ2n) is 5.73. The van der Waals surface area contributed by atoms with Crippen LogP contribution in [0.2, 0.25) is 5.02 Å². The average molecular weight is 397 g/mol. The van der Waals surface area contributed by atoms with Crippen molar-refractivity contribution in [1.82, 2.24) is 9.97 Å². The Kier molecular flexibility index (Phi) is 5.84. The molecule has 0 fully saturated rings. The number of anilines is 2. The van der Waals surface area contributed by atoms with Gasteiger partial charge in [-0.2, -0.15) is 5.26 Å². The first-order valence-corrected chi connectivity index (χ1v) is 9.69. The van der Waals surface area contributed by atoms with Gasteiger partial charge in [0.05, 0.1) is 18.5 Å². The predicted octanol–water partition coefficient (Wildman–Crippen LogP) is 5.45. The van der Waals surface area contributed by atoms with E-state index in [0.717, 1.165) is 16.8 Å². The minimum atomic E-state index is 0.360. The molecule has 136 valence electrons. The van der Waals surface area contributed by atoms with Gasteiger partial charge in [-0.3, -0.25) is 0 Å². The summed E-state index contributed by atoms with van der Waals surface area (Å²) in [6, 6.07) is 15.2. The molecular formula is C20H17ClN4OS. The van der Waals surface area contributed by atoms with Crippen LogP contribution in [0.5, 0.6) is 5.75 Å². The molecule has 0 aliphatic carbocycles. The molecular weight excluding hydrogens is 380 g/mol. The molecule has 0 spiro atoms. The number of halogens is 1. The summed E-state index contributed by atoms with van der Waals surface area (Å²) in [5.41, 5.74) is 3.52. The van der Waals surface area contributed by atoms with E-state index >= 15 is 0 Å². The van der Waals surface area contributed by atoms with Crippen LogP contribution >= 0.6 is 23.4 Å². The number of nitrogens with one attached hydrogen (secondary N) is 1. The normalized spacial score (nSPS) is 10.3. The molecule has 0 saturated carbocycles. The molecule has 0 atom stereocenters. The first-order valence-electron chi connectivity index (χ1n) is 8.09. The number of rotatable bonds is 5. The number of aryl methyl sites for hydroxylation is 1. The van der Waals surface area contributed by atoms with Crippen LogP contribution in [-0.2, 0) is 0 Å². The monoisotopic (exact) mass is 396 g/mol. The van der Waals surface area contributed by atoms with Crippen molar-refractivity contribution in [1.29, 1.82) is 5.26 Å². The van der Waals surface area contributed by atoms with E-state index in [4.69, 9.17) is 16.3 Å². The molecule has 0 radical (unpaired) electrons. The highest BCUT2D eigenvalue weighted by molar-refractivity contribution is 7.98. The maximum Gasteiger partial charge on any atom is 0.189 e. The third kappa shape index (κ3) is 4.16. The topological polar surface area (TPSA) is 70.8 Å². The summed E-state index contributed by atoms with van der Waals surface area (Å²) in [6.07, 6.45) is 1.89. The number of nitriles is 1. The van der Waals surface area contributed by atoms with Gasteiger partial charge in [0.15, 0.2) is 11.0 Å². The van der Waals surface area contributed by atoms with Crippen molar-refractivity contribution in [3.8, 4) is 23.1 Å². The molecule has 27 heavy (non-hydrogen) atoms. The van der Waals surface area contributed by atoms with Gasteiger partial charge in [-0.25, -0.2) is 9.97 Å². The zero-order valence-corrected chi connectivity index (χ0v) is 16.6. The molecule has 0 unspecified atom stereocenters. The van der Waals surface area contributed by atoms with Crippen LogP contribution in [0.4, 0.5) is 11.5 Å². The second kappa shape index (κ2) is 8.30. The Bertz CT molecular complexity index is 1020. The number of methoxy groups -OCH3 is 1. The van der Waals surface area contributed by atoms with Crippen LogP contribution in [0.3, 0.4) is 0 Å². The Balaban J connectivity index is 2.16. The molecule has 7 heteroatoms. The van der Waals surface area contributed by atoms with Crippen molar-refractivity contribution in [3.63, 3.8) is 0 Å². The molecule has 2 aromatic carbocycles. The second-order valence-corrected chi connectivity index (χ2v) is 6.94. The fourth-order valence-electron chi connectivity index (χ4n) is 2.59. The minimum absolute atomic E-state index is 0.360. The molecule has 1 heterocycles. The Morgan fingerprint density at radius 3 is 2.52 bits per heavy atom. The Morgan fingerprint density at radius 2 is 1.89 bits per heavy atom. The molecule has 0 amide bonds. The van der Waals surface area contributed by atoms with Gasteiger partial charge in [0.25, 0.3) is 0 Å². The number of thioether (sulfide) groups is 1. The van der Waals surface area contributed by atoms with Crippen molar-refractivity contribution in [3.05, 3.63) is 58.6 Å². The largest absolute Gasteiger partial charge is 0.495 e. The van der Waals surface area contributed by atoms with E-state index < -0.39 is 0 Å². The summed E-state index contributed by atoms with van der Waals surface area (Å²) >= 11 is 7.40. The van der Waals surface area contributed by atoms with E-state index in [0.29, 0.717) is 33.0 Å². The predicted molar refractivity (Wildman–Crippen MR) is 110 cm³/mol. The van der Waals surface area contributed by atoms with E-state index in [1.807, 2.05) is 43.5 Å². The van der Waals surface area contributed by atoms with Gasteiger partial charge in [0, 0.05) is 10.6 Å². The van der Waals surface area contributed by atoms with Gasteiger partial charge >= 0.3 is 0 Å². The van der Waals surface area contributed by atoms with Crippen molar-refractivity contribution in [2.45, 2.75) is 12.1 Å². The summed E-state index contributed by atoms with van der Waals surface area (Å²) in [5.74, 6) is 1.10. The van der Waals surface area contributed by atoms with Gasteiger partial charge in [0.2, 0.25) is 0 Å². The Hall–Kier alpha value is -2.75. The molecule has 0 saturated heterocycles. The lowest BCUT2D eigenvalue weighted by Gasteiger charge is -2.15. The highest BCUT2D eigenvalue weighted by atomic mass is 35.5. The molecule has 3 rings (SSSR count). The summed E-state index contributed by atoms with van der Waals surface area (Å²) in [4.78, 5) is 9.04. The van der Waals surface area contributed by atoms with Crippen LogP contribution in [-0.4, -0.2) is 23.3 Å². The van der Waals surface area contributed by atoms with Crippen LogP contribution in [0.1, 0.15) is 11.1 Å². The quantitative estimate of drug-likeness (QED) is 0.456. The maximum absolute atomic E-state index is 9.80. The lowest BCUT2D eigenvalue weighted by Crippen LogP contribution is -2.04. The third-order valence-corrected chi connectivity index (χ3v) is 4.71. The summed E-state index contributed by atoms with van der Waals surface area (Å²) in [7, 11) is 1.60. The molecule has 0 aliphatic rings. The maximum atomic E-state index is 9.80. The van der Waals surface area contributed by atoms with Crippen LogP contribution < -0.4 is 10.1 Å². The number of benzene rings is 2. The smallest absolute Gasteiger partial charge is 0.189 e. The highest BCUT2D eigenvalue weighted by Crippen LogP contribution is 2.33. The van der Waals surface area contributed by atoms with E-state index in [-0.39, 0.29) is 0 Å². The third-order valence-electron chi connectivity index (χ3n) is 3.91. The minimum Gasteiger partial charge on any atom is -0.495 e. The van der Waals surface area contributed by atoms with Crippen LogP contribution in [0, 0.1) is 18.3 Å². The van der Waals surface area contributed by atoms with E-state index in [1.165, 1.54) is 11.8 Å². The fraction of sp³-hybridized carbons (Fsp3) is 0.150. The highest BCUT2D eigenvalue weighted by Gasteiger charge is 2.17. The fourth-order valence-corrected chi connectivity index (χ4v) is 3.08. The summed E-state index contributed by atoms with van der Waals surface area (Å²) in [6.45, 7) is 1.99. The van der Waals surface area contributed by atoms with Crippen LogP contribution in [0.15, 0.2) is 47.6 Å². The van der Waals surface area contributed by atoms with Gasteiger partial charge in [-0.15, -0.1) is 0 Å². The molecule has 1 N–H and O–H groups in total.